The molecule has 23 heavy (non-hydrogen) atoms. The number of ether oxygens (including phenoxy) is 1. The van der Waals surface area contributed by atoms with E-state index in [1.165, 1.54) is 0 Å². The topological polar surface area (TPSA) is 48.0 Å². The Kier molecular flexibility index (Phi) is 5.08. The SMILES string of the molecule is CC(C)(C)OC(=O)N1CCC[C@H](CB2OC(C)(C)C(C)(C)O2)C1. The molecule has 0 saturated carbocycles. The van der Waals surface area contributed by atoms with Crippen LogP contribution in [0.1, 0.15) is 61.3 Å². The minimum absolute atomic E-state index is 0.191. The lowest BCUT2D eigenvalue weighted by molar-refractivity contribution is 0.00578. The molecule has 6 heteroatoms. The molecule has 0 bridgehead atoms. The van der Waals surface area contributed by atoms with Gasteiger partial charge < -0.3 is 18.9 Å². The molecule has 0 unspecified atom stereocenters. The first kappa shape index (κ1) is 18.6. The van der Waals surface area contributed by atoms with Crippen LogP contribution in [0.2, 0.25) is 6.32 Å². The van der Waals surface area contributed by atoms with Crippen molar-refractivity contribution in [3.8, 4) is 0 Å². The molecule has 2 fully saturated rings. The molecule has 2 heterocycles. The Morgan fingerprint density at radius 1 is 1.22 bits per heavy atom. The maximum absolute atomic E-state index is 12.2. The minimum Gasteiger partial charge on any atom is -0.444 e. The Bertz CT molecular complexity index is 428. The third-order valence-electron chi connectivity index (χ3n) is 5.00. The molecule has 2 rings (SSSR count). The van der Waals surface area contributed by atoms with Crippen molar-refractivity contribution in [3.05, 3.63) is 0 Å². The zero-order valence-corrected chi connectivity index (χ0v) is 15.8. The average Bonchev–Trinajstić information content (AvgIpc) is 2.55. The van der Waals surface area contributed by atoms with E-state index in [4.69, 9.17) is 14.0 Å². The summed E-state index contributed by atoms with van der Waals surface area (Å²) in [6, 6.07) is 0. The Morgan fingerprint density at radius 3 is 2.30 bits per heavy atom. The molecule has 132 valence electrons. The highest BCUT2D eigenvalue weighted by molar-refractivity contribution is 6.45. The maximum Gasteiger partial charge on any atom is 0.458 e. The summed E-state index contributed by atoms with van der Waals surface area (Å²) in [5, 5.41) is 0. The van der Waals surface area contributed by atoms with E-state index in [2.05, 4.69) is 27.7 Å². The van der Waals surface area contributed by atoms with Crippen molar-refractivity contribution in [2.24, 2.45) is 5.92 Å². The van der Waals surface area contributed by atoms with Gasteiger partial charge in [0.05, 0.1) is 11.2 Å². The highest BCUT2D eigenvalue weighted by atomic mass is 16.7. The molecule has 5 nitrogen and oxygen atoms in total. The van der Waals surface area contributed by atoms with E-state index in [1.807, 2.05) is 25.7 Å². The number of rotatable bonds is 2. The second-order valence-electron chi connectivity index (χ2n) is 8.86. The van der Waals surface area contributed by atoms with Crippen LogP contribution in [0, 0.1) is 5.92 Å². The largest absolute Gasteiger partial charge is 0.458 e. The first-order valence-corrected chi connectivity index (χ1v) is 8.73. The zero-order valence-electron chi connectivity index (χ0n) is 15.8. The third kappa shape index (κ3) is 4.63. The molecular formula is C17H32BNO4. The van der Waals surface area contributed by atoms with E-state index in [1.54, 1.807) is 0 Å². The Labute approximate surface area is 141 Å². The van der Waals surface area contributed by atoms with Gasteiger partial charge >= 0.3 is 13.2 Å². The highest BCUT2D eigenvalue weighted by Gasteiger charge is 2.51. The molecule has 0 N–H and O–H groups in total. The van der Waals surface area contributed by atoms with E-state index in [-0.39, 0.29) is 24.4 Å². The van der Waals surface area contributed by atoms with Crippen molar-refractivity contribution < 1.29 is 18.8 Å². The molecule has 2 saturated heterocycles. The monoisotopic (exact) mass is 325 g/mol. The summed E-state index contributed by atoms with van der Waals surface area (Å²) in [7, 11) is -0.191. The average molecular weight is 325 g/mol. The lowest BCUT2D eigenvalue weighted by atomic mass is 9.74. The molecule has 0 spiro atoms. The summed E-state index contributed by atoms with van der Waals surface area (Å²) in [5.41, 5.74) is -1.04. The summed E-state index contributed by atoms with van der Waals surface area (Å²) >= 11 is 0. The van der Waals surface area contributed by atoms with E-state index in [0.717, 1.165) is 32.3 Å². The number of carbonyl (C=O) groups excluding carboxylic acids is 1. The Hall–Kier alpha value is -0.745. The van der Waals surface area contributed by atoms with Crippen LogP contribution in [0.3, 0.4) is 0 Å². The zero-order chi connectivity index (χ0) is 17.5. The number of nitrogens with zero attached hydrogens (tertiary/aromatic N) is 1. The van der Waals surface area contributed by atoms with Crippen LogP contribution in [0.4, 0.5) is 4.79 Å². The van der Waals surface area contributed by atoms with Crippen molar-refractivity contribution in [1.82, 2.24) is 4.90 Å². The number of carbonyl (C=O) groups is 1. The van der Waals surface area contributed by atoms with Crippen LogP contribution in [0.5, 0.6) is 0 Å². The standard InChI is InChI=1S/C17H32BNO4/c1-15(2,3)21-14(20)19-10-8-9-13(12-19)11-18-22-16(4,5)17(6,7)23-18/h13H,8-12H2,1-7H3/t13-/m1/s1. The first-order chi connectivity index (χ1) is 10.4. The van der Waals surface area contributed by atoms with Crippen molar-refractivity contribution in [3.63, 3.8) is 0 Å². The smallest absolute Gasteiger partial charge is 0.444 e. The summed E-state index contributed by atoms with van der Waals surface area (Å²) in [6.45, 7) is 15.5. The van der Waals surface area contributed by atoms with E-state index in [0.29, 0.717) is 5.92 Å². The number of hydrogen-bond acceptors (Lipinski definition) is 4. The van der Waals surface area contributed by atoms with Crippen LogP contribution in [-0.2, 0) is 14.0 Å². The van der Waals surface area contributed by atoms with Crippen LogP contribution >= 0.6 is 0 Å². The molecule has 1 atom stereocenters. The first-order valence-electron chi connectivity index (χ1n) is 8.73. The Balaban J connectivity index is 1.89. The predicted octanol–water partition coefficient (Wildman–Crippen LogP) is 3.73. The van der Waals surface area contributed by atoms with Crippen molar-refractivity contribution in [2.45, 2.75) is 84.4 Å². The molecule has 0 aliphatic carbocycles. The van der Waals surface area contributed by atoms with Gasteiger partial charge in [0, 0.05) is 13.1 Å². The fourth-order valence-corrected chi connectivity index (χ4v) is 3.08. The fourth-order valence-electron chi connectivity index (χ4n) is 3.08. The van der Waals surface area contributed by atoms with Crippen LogP contribution in [0.25, 0.3) is 0 Å². The van der Waals surface area contributed by atoms with Crippen molar-refractivity contribution in [1.29, 1.82) is 0 Å². The number of hydrogen-bond donors (Lipinski definition) is 0. The summed E-state index contributed by atoms with van der Waals surface area (Å²) in [4.78, 5) is 14.1. The number of likely N-dealkylation sites (tertiary alicyclic amines) is 1. The van der Waals surface area contributed by atoms with E-state index in [9.17, 15) is 4.79 Å². The number of piperidine rings is 1. The molecule has 0 aromatic rings. The summed E-state index contributed by atoms with van der Waals surface area (Å²) in [5.74, 6) is 0.394. The van der Waals surface area contributed by atoms with Gasteiger partial charge in [-0.1, -0.05) is 0 Å². The second kappa shape index (κ2) is 6.28. The van der Waals surface area contributed by atoms with Gasteiger partial charge in [0.1, 0.15) is 5.60 Å². The fraction of sp³-hybridized carbons (Fsp3) is 0.941. The molecule has 2 aliphatic heterocycles. The van der Waals surface area contributed by atoms with Crippen LogP contribution < -0.4 is 0 Å². The molecule has 0 aromatic heterocycles. The molecular weight excluding hydrogens is 293 g/mol. The lowest BCUT2D eigenvalue weighted by Crippen LogP contribution is -2.43. The van der Waals surface area contributed by atoms with Crippen LogP contribution in [0.15, 0.2) is 0 Å². The normalized spacial score (nSPS) is 27.2. The molecule has 2 aliphatic rings. The van der Waals surface area contributed by atoms with Crippen molar-refractivity contribution >= 4 is 13.2 Å². The lowest BCUT2D eigenvalue weighted by Gasteiger charge is -2.34. The molecule has 0 radical (unpaired) electrons. The second-order valence-corrected chi connectivity index (χ2v) is 8.86. The summed E-state index contributed by atoms with van der Waals surface area (Å²) < 4.78 is 17.7. The minimum atomic E-state index is -0.449. The summed E-state index contributed by atoms with van der Waals surface area (Å²) in [6.07, 6.45) is 2.72. The van der Waals surface area contributed by atoms with Gasteiger partial charge in [0.2, 0.25) is 0 Å². The highest BCUT2D eigenvalue weighted by Crippen LogP contribution is 2.39. The van der Waals surface area contributed by atoms with Crippen molar-refractivity contribution in [2.75, 3.05) is 13.1 Å². The quantitative estimate of drug-likeness (QED) is 0.726. The van der Waals surface area contributed by atoms with Gasteiger partial charge in [-0.25, -0.2) is 4.79 Å². The molecule has 0 aromatic carbocycles. The van der Waals surface area contributed by atoms with Gasteiger partial charge in [0.15, 0.2) is 0 Å². The Morgan fingerprint density at radius 2 is 1.78 bits per heavy atom. The number of amides is 1. The van der Waals surface area contributed by atoms with Gasteiger partial charge in [-0.3, -0.25) is 0 Å². The van der Waals surface area contributed by atoms with E-state index >= 15 is 0 Å². The van der Waals surface area contributed by atoms with Gasteiger partial charge in [-0.15, -0.1) is 0 Å². The van der Waals surface area contributed by atoms with Gasteiger partial charge in [-0.05, 0) is 73.5 Å². The van der Waals surface area contributed by atoms with Gasteiger partial charge in [-0.2, -0.15) is 0 Å². The molecule has 1 amide bonds. The van der Waals surface area contributed by atoms with Crippen LogP contribution in [-0.4, -0.2) is 48.0 Å². The predicted molar refractivity (Wildman–Crippen MR) is 91.4 cm³/mol. The third-order valence-corrected chi connectivity index (χ3v) is 5.00. The maximum atomic E-state index is 12.2. The van der Waals surface area contributed by atoms with E-state index < -0.39 is 5.60 Å². The van der Waals surface area contributed by atoms with Gasteiger partial charge in [0.25, 0.3) is 0 Å².